The summed E-state index contributed by atoms with van der Waals surface area (Å²) in [6.45, 7) is 2.94. The van der Waals surface area contributed by atoms with Crippen LogP contribution in [0.1, 0.15) is 13.8 Å². The van der Waals surface area contributed by atoms with Crippen molar-refractivity contribution in [2.75, 3.05) is 19.0 Å². The molecule has 0 fully saturated rings. The van der Waals surface area contributed by atoms with E-state index in [0.717, 1.165) is 6.92 Å². The number of amides is 1. The Bertz CT molecular complexity index is 734. The maximum atomic E-state index is 11.6. The van der Waals surface area contributed by atoms with Crippen LogP contribution in [0.3, 0.4) is 0 Å². The third-order valence-electron chi connectivity index (χ3n) is 2.93. The number of carbonyl (C=O) groups is 2. The first-order chi connectivity index (χ1) is 11.5. The van der Waals surface area contributed by atoms with Crippen LogP contribution in [0.5, 0.6) is 17.2 Å². The number of esters is 1. The van der Waals surface area contributed by atoms with Crippen LogP contribution in [0.2, 0.25) is 0 Å². The van der Waals surface area contributed by atoms with Crippen molar-refractivity contribution in [3.63, 3.8) is 0 Å². The number of hydrogen-bond donors (Lipinski definition) is 2. The number of carbonyl (C=O) groups excluding carboxylic acids is 2. The number of anilines is 1. The molecule has 1 aromatic carbocycles. The molecule has 8 nitrogen and oxygen atoms in total. The second-order valence-electron chi connectivity index (χ2n) is 4.61. The molecule has 0 saturated heterocycles. The Kier molecular flexibility index (Phi) is 5.31. The van der Waals surface area contributed by atoms with Gasteiger partial charge in [-0.1, -0.05) is 0 Å². The molecule has 0 saturated carbocycles. The van der Waals surface area contributed by atoms with Crippen LogP contribution >= 0.6 is 0 Å². The minimum absolute atomic E-state index is 0.0284. The Morgan fingerprint density at radius 1 is 1.25 bits per heavy atom. The third kappa shape index (κ3) is 3.78. The molecule has 2 aromatic rings. The highest BCUT2D eigenvalue weighted by molar-refractivity contribution is 5.89. The standard InChI is InChI=1S/C16H17NO7/c1-4-22-16(20)17-15-14(23-9(2)18)12(19)13(24-15)10-5-7-11(21-3)8-6-10/h5-8,19H,4H2,1-3H3,(H,17,20). The molecule has 2 rings (SSSR count). The van der Waals surface area contributed by atoms with Gasteiger partial charge in [0.2, 0.25) is 11.5 Å². The summed E-state index contributed by atoms with van der Waals surface area (Å²) in [5.74, 6) is -0.967. The molecule has 24 heavy (non-hydrogen) atoms. The molecular formula is C16H17NO7. The average molecular weight is 335 g/mol. The molecule has 0 radical (unpaired) electrons. The molecule has 2 N–H and O–H groups in total. The van der Waals surface area contributed by atoms with Gasteiger partial charge in [0.1, 0.15) is 5.75 Å². The van der Waals surface area contributed by atoms with E-state index in [1.807, 2.05) is 0 Å². The zero-order valence-electron chi connectivity index (χ0n) is 13.4. The lowest BCUT2D eigenvalue weighted by atomic mass is 10.1. The molecule has 1 amide bonds. The molecule has 0 aliphatic rings. The maximum absolute atomic E-state index is 11.6. The number of furan rings is 1. The van der Waals surface area contributed by atoms with E-state index in [9.17, 15) is 14.7 Å². The zero-order valence-corrected chi connectivity index (χ0v) is 13.4. The first-order valence-electron chi connectivity index (χ1n) is 7.08. The van der Waals surface area contributed by atoms with Gasteiger partial charge in [0.25, 0.3) is 5.88 Å². The van der Waals surface area contributed by atoms with Crippen LogP contribution in [-0.4, -0.2) is 30.9 Å². The van der Waals surface area contributed by atoms with Crippen LogP contribution in [0.15, 0.2) is 28.7 Å². The highest BCUT2D eigenvalue weighted by Crippen LogP contribution is 2.46. The van der Waals surface area contributed by atoms with E-state index in [1.54, 1.807) is 31.2 Å². The number of nitrogens with one attached hydrogen (secondary N) is 1. The fourth-order valence-corrected chi connectivity index (χ4v) is 1.93. The van der Waals surface area contributed by atoms with E-state index >= 15 is 0 Å². The van der Waals surface area contributed by atoms with Crippen molar-refractivity contribution < 1.29 is 33.3 Å². The number of ether oxygens (including phenoxy) is 3. The molecule has 0 bridgehead atoms. The van der Waals surface area contributed by atoms with Gasteiger partial charge >= 0.3 is 12.1 Å². The summed E-state index contributed by atoms with van der Waals surface area (Å²) in [7, 11) is 1.53. The van der Waals surface area contributed by atoms with Gasteiger partial charge in [0, 0.05) is 12.5 Å². The number of hydrogen-bond acceptors (Lipinski definition) is 7. The SMILES string of the molecule is CCOC(=O)Nc1oc(-c2ccc(OC)cc2)c(O)c1OC(C)=O. The molecule has 0 atom stereocenters. The maximum Gasteiger partial charge on any atom is 0.414 e. The molecule has 0 spiro atoms. The van der Waals surface area contributed by atoms with Gasteiger partial charge in [-0.05, 0) is 31.2 Å². The summed E-state index contributed by atoms with van der Waals surface area (Å²) in [6, 6.07) is 6.62. The van der Waals surface area contributed by atoms with Crippen LogP contribution < -0.4 is 14.8 Å². The molecule has 8 heteroatoms. The summed E-state index contributed by atoms with van der Waals surface area (Å²) in [4.78, 5) is 22.8. The third-order valence-corrected chi connectivity index (χ3v) is 2.93. The van der Waals surface area contributed by atoms with Gasteiger partial charge in [0.05, 0.1) is 13.7 Å². The Balaban J connectivity index is 2.42. The topological polar surface area (TPSA) is 107 Å². The summed E-state index contributed by atoms with van der Waals surface area (Å²) in [6.07, 6.45) is -0.805. The monoisotopic (exact) mass is 335 g/mol. The smallest absolute Gasteiger partial charge is 0.414 e. The van der Waals surface area contributed by atoms with E-state index in [2.05, 4.69) is 5.32 Å². The van der Waals surface area contributed by atoms with Gasteiger partial charge in [-0.3, -0.25) is 10.1 Å². The number of methoxy groups -OCH3 is 1. The van der Waals surface area contributed by atoms with E-state index < -0.39 is 17.8 Å². The fraction of sp³-hybridized carbons (Fsp3) is 0.250. The Hall–Kier alpha value is -3.16. The number of rotatable bonds is 5. The van der Waals surface area contributed by atoms with Crippen molar-refractivity contribution >= 4 is 17.9 Å². The Labute approximate surface area is 137 Å². The van der Waals surface area contributed by atoms with Crippen LogP contribution in [0.25, 0.3) is 11.3 Å². The quantitative estimate of drug-likeness (QED) is 0.808. The van der Waals surface area contributed by atoms with Crippen LogP contribution in [-0.2, 0) is 9.53 Å². The van der Waals surface area contributed by atoms with Crippen molar-refractivity contribution in [2.24, 2.45) is 0 Å². The van der Waals surface area contributed by atoms with Crippen molar-refractivity contribution in [1.82, 2.24) is 0 Å². The van der Waals surface area contributed by atoms with Gasteiger partial charge in [-0.2, -0.15) is 0 Å². The van der Waals surface area contributed by atoms with Gasteiger partial charge in [-0.15, -0.1) is 0 Å². The summed E-state index contributed by atoms with van der Waals surface area (Å²) in [5, 5.41) is 12.6. The molecule has 0 aliphatic heterocycles. The van der Waals surface area contributed by atoms with Crippen molar-refractivity contribution in [2.45, 2.75) is 13.8 Å². The minimum atomic E-state index is -0.805. The number of aromatic hydroxyl groups is 1. The normalized spacial score (nSPS) is 10.1. The lowest BCUT2D eigenvalue weighted by Crippen LogP contribution is -2.14. The molecule has 128 valence electrons. The summed E-state index contributed by atoms with van der Waals surface area (Å²) < 4.78 is 20.2. The Morgan fingerprint density at radius 3 is 2.46 bits per heavy atom. The second kappa shape index (κ2) is 7.40. The van der Waals surface area contributed by atoms with E-state index in [4.69, 9.17) is 18.6 Å². The molecule has 0 aliphatic carbocycles. The first kappa shape index (κ1) is 17.2. The molecule has 1 heterocycles. The van der Waals surface area contributed by atoms with Gasteiger partial charge in [0.15, 0.2) is 5.76 Å². The van der Waals surface area contributed by atoms with E-state index in [-0.39, 0.29) is 24.0 Å². The predicted octanol–water partition coefficient (Wildman–Crippen LogP) is 3.15. The molecule has 0 unspecified atom stereocenters. The van der Waals surface area contributed by atoms with Crippen LogP contribution in [0, 0.1) is 0 Å². The highest BCUT2D eigenvalue weighted by atomic mass is 16.6. The minimum Gasteiger partial charge on any atom is -0.502 e. The summed E-state index contributed by atoms with van der Waals surface area (Å²) in [5.41, 5.74) is 0.499. The summed E-state index contributed by atoms with van der Waals surface area (Å²) >= 11 is 0. The Morgan fingerprint density at radius 2 is 1.92 bits per heavy atom. The van der Waals surface area contributed by atoms with Crippen molar-refractivity contribution in [3.8, 4) is 28.6 Å². The van der Waals surface area contributed by atoms with Crippen molar-refractivity contribution in [1.29, 1.82) is 0 Å². The van der Waals surface area contributed by atoms with Crippen molar-refractivity contribution in [3.05, 3.63) is 24.3 Å². The van der Waals surface area contributed by atoms with Gasteiger partial charge < -0.3 is 23.7 Å². The predicted molar refractivity (Wildman–Crippen MR) is 84.3 cm³/mol. The lowest BCUT2D eigenvalue weighted by molar-refractivity contribution is -0.132. The molecule has 1 aromatic heterocycles. The largest absolute Gasteiger partial charge is 0.502 e. The average Bonchev–Trinajstić information content (AvgIpc) is 2.84. The van der Waals surface area contributed by atoms with E-state index in [0.29, 0.717) is 11.3 Å². The fourth-order valence-electron chi connectivity index (χ4n) is 1.93. The highest BCUT2D eigenvalue weighted by Gasteiger charge is 2.25. The molecular weight excluding hydrogens is 318 g/mol. The number of benzene rings is 1. The lowest BCUT2D eigenvalue weighted by Gasteiger charge is -2.04. The second-order valence-corrected chi connectivity index (χ2v) is 4.61. The van der Waals surface area contributed by atoms with E-state index in [1.165, 1.54) is 7.11 Å². The van der Waals surface area contributed by atoms with Gasteiger partial charge in [-0.25, -0.2) is 4.79 Å². The first-order valence-corrected chi connectivity index (χ1v) is 7.08. The van der Waals surface area contributed by atoms with Crippen LogP contribution in [0.4, 0.5) is 10.7 Å². The zero-order chi connectivity index (χ0) is 17.7.